The van der Waals surface area contributed by atoms with Crippen LogP contribution in [0.15, 0.2) is 59.5 Å². The van der Waals surface area contributed by atoms with E-state index in [-0.39, 0.29) is 5.91 Å². The Bertz CT molecular complexity index is 971. The minimum absolute atomic E-state index is 0.0258. The number of ether oxygens (including phenoxy) is 1. The molecule has 4 rings (SSSR count). The first kappa shape index (κ1) is 17.8. The standard InChI is InChI=1S/C21H21N3O2S/c1-27-16-6-4-5-15(13-16)22-20-14-18(17-7-2-3-8-19(17)23-20)21(25)24-9-11-26-12-10-24/h2-8,13-14H,9-12H2,1H3,(H,22,23). The third-order valence-electron chi connectivity index (χ3n) is 4.59. The van der Waals surface area contributed by atoms with Gasteiger partial charge >= 0.3 is 0 Å². The molecule has 0 saturated carbocycles. The summed E-state index contributed by atoms with van der Waals surface area (Å²) in [6.45, 7) is 2.41. The Hall–Kier alpha value is -2.57. The van der Waals surface area contributed by atoms with E-state index in [1.165, 1.54) is 4.90 Å². The van der Waals surface area contributed by atoms with Gasteiger partial charge in [-0.1, -0.05) is 24.3 Å². The summed E-state index contributed by atoms with van der Waals surface area (Å²) in [5.41, 5.74) is 2.43. The van der Waals surface area contributed by atoms with Crippen LogP contribution in [0.4, 0.5) is 11.5 Å². The summed E-state index contributed by atoms with van der Waals surface area (Å²) in [4.78, 5) is 20.9. The number of hydrogen-bond donors (Lipinski definition) is 1. The van der Waals surface area contributed by atoms with E-state index in [4.69, 9.17) is 9.72 Å². The summed E-state index contributed by atoms with van der Waals surface area (Å²) in [6, 6.07) is 17.8. The van der Waals surface area contributed by atoms with Crippen LogP contribution < -0.4 is 5.32 Å². The summed E-state index contributed by atoms with van der Waals surface area (Å²) in [7, 11) is 0. The van der Waals surface area contributed by atoms with Crippen molar-refractivity contribution >= 4 is 40.1 Å². The Labute approximate surface area is 162 Å². The Morgan fingerprint density at radius 1 is 1.11 bits per heavy atom. The molecule has 0 spiro atoms. The molecular weight excluding hydrogens is 358 g/mol. The summed E-state index contributed by atoms with van der Waals surface area (Å²) in [5.74, 6) is 0.696. The molecule has 0 aliphatic carbocycles. The summed E-state index contributed by atoms with van der Waals surface area (Å²) >= 11 is 1.69. The average molecular weight is 379 g/mol. The first-order chi connectivity index (χ1) is 13.2. The molecule has 138 valence electrons. The fraction of sp³-hybridized carbons (Fsp3) is 0.238. The van der Waals surface area contributed by atoms with Crippen LogP contribution in [-0.4, -0.2) is 48.4 Å². The number of hydrogen-bond acceptors (Lipinski definition) is 5. The van der Waals surface area contributed by atoms with E-state index in [9.17, 15) is 4.79 Å². The summed E-state index contributed by atoms with van der Waals surface area (Å²) in [6.07, 6.45) is 2.05. The molecule has 1 amide bonds. The van der Waals surface area contributed by atoms with Gasteiger partial charge in [-0.15, -0.1) is 11.8 Å². The van der Waals surface area contributed by atoms with Gasteiger partial charge in [0.05, 0.1) is 24.3 Å². The second-order valence-electron chi connectivity index (χ2n) is 6.33. The monoisotopic (exact) mass is 379 g/mol. The molecule has 5 nitrogen and oxygen atoms in total. The Morgan fingerprint density at radius 3 is 2.74 bits per heavy atom. The first-order valence-electron chi connectivity index (χ1n) is 8.92. The molecule has 1 fully saturated rings. The molecule has 0 atom stereocenters. The highest BCUT2D eigenvalue weighted by molar-refractivity contribution is 7.98. The molecule has 1 aliphatic rings. The number of anilines is 2. The van der Waals surface area contributed by atoms with Crippen molar-refractivity contribution < 1.29 is 9.53 Å². The number of nitrogens with zero attached hydrogens (tertiary/aromatic N) is 2. The molecule has 1 saturated heterocycles. The normalized spacial score (nSPS) is 14.3. The zero-order valence-corrected chi connectivity index (χ0v) is 16.0. The molecule has 0 radical (unpaired) electrons. The fourth-order valence-corrected chi connectivity index (χ4v) is 3.66. The van der Waals surface area contributed by atoms with Gasteiger partial charge in [0.2, 0.25) is 0 Å². The first-order valence-corrected chi connectivity index (χ1v) is 10.1. The van der Waals surface area contributed by atoms with E-state index in [2.05, 4.69) is 17.4 Å². The van der Waals surface area contributed by atoms with Crippen molar-refractivity contribution in [3.63, 3.8) is 0 Å². The highest BCUT2D eigenvalue weighted by Crippen LogP contribution is 2.26. The van der Waals surface area contributed by atoms with E-state index in [1.54, 1.807) is 11.8 Å². The third kappa shape index (κ3) is 3.91. The van der Waals surface area contributed by atoms with Crippen molar-refractivity contribution in [3.8, 4) is 0 Å². The van der Waals surface area contributed by atoms with E-state index >= 15 is 0 Å². The number of fused-ring (bicyclic) bond motifs is 1. The lowest BCUT2D eigenvalue weighted by molar-refractivity contribution is 0.0304. The van der Waals surface area contributed by atoms with Gasteiger partial charge in [0.15, 0.2) is 0 Å². The van der Waals surface area contributed by atoms with Gasteiger partial charge in [0.25, 0.3) is 5.91 Å². The number of nitrogens with one attached hydrogen (secondary N) is 1. The minimum Gasteiger partial charge on any atom is -0.378 e. The molecule has 27 heavy (non-hydrogen) atoms. The molecule has 0 unspecified atom stereocenters. The van der Waals surface area contributed by atoms with Crippen LogP contribution in [0, 0.1) is 0 Å². The van der Waals surface area contributed by atoms with E-state index in [0.29, 0.717) is 37.7 Å². The number of thioether (sulfide) groups is 1. The van der Waals surface area contributed by atoms with E-state index < -0.39 is 0 Å². The van der Waals surface area contributed by atoms with Gasteiger partial charge < -0.3 is 15.0 Å². The second-order valence-corrected chi connectivity index (χ2v) is 7.21. The van der Waals surface area contributed by atoms with Crippen molar-refractivity contribution in [1.82, 2.24) is 9.88 Å². The van der Waals surface area contributed by atoms with Crippen molar-refractivity contribution in [2.24, 2.45) is 0 Å². The number of carbonyl (C=O) groups is 1. The van der Waals surface area contributed by atoms with Crippen molar-refractivity contribution in [1.29, 1.82) is 0 Å². The van der Waals surface area contributed by atoms with E-state index in [0.717, 1.165) is 16.6 Å². The van der Waals surface area contributed by atoms with Crippen LogP contribution in [0.1, 0.15) is 10.4 Å². The number of rotatable bonds is 4. The topological polar surface area (TPSA) is 54.5 Å². The Kier molecular flexibility index (Phi) is 5.27. The highest BCUT2D eigenvalue weighted by Gasteiger charge is 2.21. The molecule has 2 aromatic carbocycles. The maximum atomic E-state index is 13.1. The number of pyridine rings is 1. The molecule has 0 bridgehead atoms. The zero-order valence-electron chi connectivity index (χ0n) is 15.1. The lowest BCUT2D eigenvalue weighted by atomic mass is 10.1. The lowest BCUT2D eigenvalue weighted by Crippen LogP contribution is -2.40. The lowest BCUT2D eigenvalue weighted by Gasteiger charge is -2.27. The zero-order chi connectivity index (χ0) is 18.6. The molecule has 1 aromatic heterocycles. The molecule has 6 heteroatoms. The van der Waals surface area contributed by atoms with Gasteiger partial charge in [-0.2, -0.15) is 0 Å². The van der Waals surface area contributed by atoms with Gasteiger partial charge in [0, 0.05) is 29.1 Å². The van der Waals surface area contributed by atoms with Crippen LogP contribution >= 0.6 is 11.8 Å². The van der Waals surface area contributed by atoms with Crippen molar-refractivity contribution in [2.45, 2.75) is 4.90 Å². The molecule has 2 heterocycles. The largest absolute Gasteiger partial charge is 0.378 e. The highest BCUT2D eigenvalue weighted by atomic mass is 32.2. The summed E-state index contributed by atoms with van der Waals surface area (Å²) in [5, 5.41) is 4.22. The minimum atomic E-state index is 0.0258. The van der Waals surface area contributed by atoms with Gasteiger partial charge in [-0.25, -0.2) is 4.98 Å². The molecule has 3 aromatic rings. The van der Waals surface area contributed by atoms with Crippen LogP contribution in [-0.2, 0) is 4.74 Å². The number of para-hydroxylation sites is 1. The maximum Gasteiger partial charge on any atom is 0.254 e. The van der Waals surface area contributed by atoms with E-state index in [1.807, 2.05) is 53.6 Å². The number of morpholine rings is 1. The van der Waals surface area contributed by atoms with Crippen LogP contribution in [0.2, 0.25) is 0 Å². The number of carbonyl (C=O) groups excluding carboxylic acids is 1. The predicted octanol–water partition coefficient (Wildman–Crippen LogP) is 4.17. The van der Waals surface area contributed by atoms with Crippen molar-refractivity contribution in [3.05, 3.63) is 60.2 Å². The van der Waals surface area contributed by atoms with Gasteiger partial charge in [-0.05, 0) is 36.6 Å². The summed E-state index contributed by atoms with van der Waals surface area (Å²) < 4.78 is 5.38. The van der Waals surface area contributed by atoms with Crippen LogP contribution in [0.3, 0.4) is 0 Å². The predicted molar refractivity (Wildman–Crippen MR) is 110 cm³/mol. The molecule has 1 aliphatic heterocycles. The van der Waals surface area contributed by atoms with Crippen LogP contribution in [0.5, 0.6) is 0 Å². The Balaban J connectivity index is 1.72. The number of amides is 1. The number of benzene rings is 2. The molecule has 1 N–H and O–H groups in total. The molecular formula is C21H21N3O2S. The van der Waals surface area contributed by atoms with Crippen molar-refractivity contribution in [2.75, 3.05) is 37.9 Å². The SMILES string of the molecule is CSc1cccc(Nc2cc(C(=O)N3CCOCC3)c3ccccc3n2)c1. The number of aromatic nitrogens is 1. The average Bonchev–Trinajstić information content (AvgIpc) is 2.73. The maximum absolute atomic E-state index is 13.1. The Morgan fingerprint density at radius 2 is 1.93 bits per heavy atom. The second kappa shape index (κ2) is 7.98. The third-order valence-corrected chi connectivity index (χ3v) is 5.31. The van der Waals surface area contributed by atoms with Gasteiger partial charge in [0.1, 0.15) is 5.82 Å². The van der Waals surface area contributed by atoms with Crippen LogP contribution in [0.25, 0.3) is 10.9 Å². The smallest absolute Gasteiger partial charge is 0.254 e. The quantitative estimate of drug-likeness (QED) is 0.690. The van der Waals surface area contributed by atoms with Gasteiger partial charge in [-0.3, -0.25) is 4.79 Å². The fourth-order valence-electron chi connectivity index (χ4n) is 3.20.